The Morgan fingerprint density at radius 3 is 1.50 bits per heavy atom. The molecule has 0 aliphatic heterocycles. The molecule has 0 unspecified atom stereocenters. The van der Waals surface area contributed by atoms with Gasteiger partial charge in [0.2, 0.25) is 0 Å². The molecule has 0 N–H and O–H groups in total. The van der Waals surface area contributed by atoms with Crippen LogP contribution in [-0.4, -0.2) is 4.11 Å². The van der Waals surface area contributed by atoms with Gasteiger partial charge in [0.25, 0.3) is 0 Å². The van der Waals surface area contributed by atoms with Crippen LogP contribution >= 0.6 is 19.4 Å². The Hall–Kier alpha value is 1.07. The molecule has 0 aromatic heterocycles. The standard InChI is InChI=1S/C3H6.2ClH.Ru/c1-3-2;;;/h1-2H3;2*1H;/q;;;+2/p-2. The topological polar surface area (TPSA) is 0 Å². The Kier molecular flexibility index (Phi) is 3.68. The molecule has 0 heterocycles. The van der Waals surface area contributed by atoms with Gasteiger partial charge in [0.05, 0.1) is 0 Å². The summed E-state index contributed by atoms with van der Waals surface area (Å²) in [7, 11) is 11.0. The zero-order valence-corrected chi connectivity index (χ0v) is 6.86. The zero-order valence-electron chi connectivity index (χ0n) is 3.61. The van der Waals surface area contributed by atoms with Crippen molar-refractivity contribution >= 4 is 23.5 Å². The van der Waals surface area contributed by atoms with Crippen molar-refractivity contribution in [2.45, 2.75) is 13.8 Å². The van der Waals surface area contributed by atoms with Gasteiger partial charge in [-0.3, -0.25) is 0 Å². The van der Waals surface area contributed by atoms with Crippen LogP contribution in [0.3, 0.4) is 0 Å². The Bertz CT molecular complexity index is 58.9. The molecule has 0 aromatic rings. The van der Waals surface area contributed by atoms with Crippen molar-refractivity contribution in [3.8, 4) is 0 Å². The molecule has 0 amide bonds. The Morgan fingerprint density at radius 1 is 1.33 bits per heavy atom. The molecular formula is C3H6Cl2Ru. The van der Waals surface area contributed by atoms with E-state index in [9.17, 15) is 0 Å². The predicted octanol–water partition coefficient (Wildman–Crippen LogP) is 2.12. The molecule has 0 bridgehead atoms. The van der Waals surface area contributed by atoms with Gasteiger partial charge in [-0.15, -0.1) is 0 Å². The normalized spacial score (nSPS) is 11.0. The molecule has 0 aliphatic carbocycles. The van der Waals surface area contributed by atoms with Crippen molar-refractivity contribution in [3.63, 3.8) is 0 Å². The number of halogens is 2. The van der Waals surface area contributed by atoms with Crippen LogP contribution in [0.5, 0.6) is 0 Å². The molecule has 0 aliphatic rings. The van der Waals surface area contributed by atoms with E-state index in [1.165, 1.54) is 4.11 Å². The van der Waals surface area contributed by atoms with Crippen molar-refractivity contribution < 1.29 is 13.5 Å². The molecule has 0 spiro atoms. The molecule has 6 heavy (non-hydrogen) atoms. The van der Waals surface area contributed by atoms with Crippen molar-refractivity contribution in [2.75, 3.05) is 0 Å². The van der Waals surface area contributed by atoms with Gasteiger partial charge in [-0.2, -0.15) is 0 Å². The van der Waals surface area contributed by atoms with E-state index in [-0.39, 0.29) is 0 Å². The Labute approximate surface area is 51.0 Å². The summed E-state index contributed by atoms with van der Waals surface area (Å²) < 4.78 is 1.18. The summed E-state index contributed by atoms with van der Waals surface area (Å²) in [6.07, 6.45) is 0. The third-order valence-electron chi connectivity index (χ3n) is 0.267. The molecule has 0 saturated heterocycles. The van der Waals surface area contributed by atoms with Crippen LogP contribution in [0.4, 0.5) is 0 Å². The van der Waals surface area contributed by atoms with E-state index in [4.69, 9.17) is 19.4 Å². The number of rotatable bonds is 0. The molecule has 0 radical (unpaired) electrons. The molecule has 0 rings (SSSR count). The average molecular weight is 214 g/mol. The van der Waals surface area contributed by atoms with E-state index in [1.807, 2.05) is 13.8 Å². The molecule has 0 atom stereocenters. The SMILES string of the molecule is C[C](C)=[Ru]([Cl])[Cl]. The van der Waals surface area contributed by atoms with Crippen LogP contribution in [0, 0.1) is 0 Å². The average Bonchev–Trinajstić information content (AvgIpc) is 1.36. The van der Waals surface area contributed by atoms with Gasteiger partial charge in [0.15, 0.2) is 0 Å². The summed E-state index contributed by atoms with van der Waals surface area (Å²) in [5.41, 5.74) is 0. The van der Waals surface area contributed by atoms with Crippen LogP contribution in [0.25, 0.3) is 0 Å². The quantitative estimate of drug-likeness (QED) is 0.542. The summed E-state index contributed by atoms with van der Waals surface area (Å²) in [6, 6.07) is 0. The molecule has 0 fully saturated rings. The van der Waals surface area contributed by atoms with Gasteiger partial charge in [-0.1, -0.05) is 0 Å². The van der Waals surface area contributed by atoms with Crippen LogP contribution in [0.1, 0.15) is 13.8 Å². The van der Waals surface area contributed by atoms with E-state index in [0.29, 0.717) is 0 Å². The summed E-state index contributed by atoms with van der Waals surface area (Å²) in [5.74, 6) is 0. The Morgan fingerprint density at radius 2 is 1.50 bits per heavy atom. The van der Waals surface area contributed by atoms with Crippen molar-refractivity contribution in [2.24, 2.45) is 0 Å². The van der Waals surface area contributed by atoms with Crippen LogP contribution < -0.4 is 0 Å². The van der Waals surface area contributed by atoms with Gasteiger partial charge < -0.3 is 0 Å². The van der Waals surface area contributed by atoms with E-state index < -0.39 is 13.5 Å². The van der Waals surface area contributed by atoms with Crippen LogP contribution in [0.2, 0.25) is 0 Å². The van der Waals surface area contributed by atoms with Gasteiger partial charge in [-0.25, -0.2) is 0 Å². The second-order valence-electron chi connectivity index (χ2n) is 1.04. The monoisotopic (exact) mass is 214 g/mol. The van der Waals surface area contributed by atoms with Gasteiger partial charge in [0, 0.05) is 0 Å². The first kappa shape index (κ1) is 7.07. The Balaban J connectivity index is 3.68. The van der Waals surface area contributed by atoms with Crippen molar-refractivity contribution in [1.29, 1.82) is 0 Å². The molecule has 40 valence electrons. The molecule has 0 nitrogen and oxygen atoms in total. The van der Waals surface area contributed by atoms with Crippen molar-refractivity contribution in [1.82, 2.24) is 0 Å². The van der Waals surface area contributed by atoms with E-state index in [0.717, 1.165) is 0 Å². The summed E-state index contributed by atoms with van der Waals surface area (Å²) >= 11 is -1.42. The molecular weight excluding hydrogens is 208 g/mol. The summed E-state index contributed by atoms with van der Waals surface area (Å²) in [6.45, 7) is 3.91. The van der Waals surface area contributed by atoms with E-state index >= 15 is 0 Å². The summed E-state index contributed by atoms with van der Waals surface area (Å²) in [4.78, 5) is 0. The molecule has 0 saturated carbocycles. The van der Waals surface area contributed by atoms with Gasteiger partial charge in [0.1, 0.15) is 0 Å². The van der Waals surface area contributed by atoms with Gasteiger partial charge >= 0.3 is 50.9 Å². The van der Waals surface area contributed by atoms with E-state index in [1.54, 1.807) is 0 Å². The first-order chi connectivity index (χ1) is 2.64. The summed E-state index contributed by atoms with van der Waals surface area (Å²) in [5, 5.41) is 0. The fraction of sp³-hybridized carbons (Fsp3) is 0.667. The van der Waals surface area contributed by atoms with Gasteiger partial charge in [-0.05, 0) is 0 Å². The first-order valence-electron chi connectivity index (χ1n) is 1.44. The fourth-order valence-electron chi connectivity index (χ4n) is 0. The van der Waals surface area contributed by atoms with Crippen LogP contribution in [-0.2, 0) is 13.5 Å². The second-order valence-corrected chi connectivity index (χ2v) is 7.65. The second kappa shape index (κ2) is 3.12. The maximum absolute atomic E-state index is 5.48. The third-order valence-corrected chi connectivity index (χ3v) is 4.74. The maximum atomic E-state index is 5.48. The molecule has 0 aromatic carbocycles. The minimum absolute atomic E-state index is 1.18. The molecule has 3 heteroatoms. The van der Waals surface area contributed by atoms with Crippen LogP contribution in [0.15, 0.2) is 0 Å². The predicted molar refractivity (Wildman–Crippen MR) is 28.1 cm³/mol. The third kappa shape index (κ3) is 3.27. The fourth-order valence-corrected chi connectivity index (χ4v) is 0. The van der Waals surface area contributed by atoms with Crippen molar-refractivity contribution in [3.05, 3.63) is 0 Å². The zero-order chi connectivity index (χ0) is 5.15. The first-order valence-corrected chi connectivity index (χ1v) is 6.79. The number of hydrogen-bond acceptors (Lipinski definition) is 0. The van der Waals surface area contributed by atoms with E-state index in [2.05, 4.69) is 0 Å². The minimum atomic E-state index is -1.42. The number of hydrogen-bond donors (Lipinski definition) is 0.